The number of rotatable bonds is 4. The van der Waals surface area contributed by atoms with Gasteiger partial charge in [-0.25, -0.2) is 0 Å². The van der Waals surface area contributed by atoms with Crippen LogP contribution in [0.2, 0.25) is 0 Å². The van der Waals surface area contributed by atoms with Gasteiger partial charge >= 0.3 is 0 Å². The number of carbonyl (C=O) groups excluding carboxylic acids is 1. The number of hydrogen-bond donors (Lipinski definition) is 1. The minimum atomic E-state index is 0.0726. The van der Waals surface area contributed by atoms with Crippen molar-refractivity contribution in [2.24, 2.45) is 5.73 Å². The van der Waals surface area contributed by atoms with E-state index in [9.17, 15) is 4.79 Å². The molecule has 0 unspecified atom stereocenters. The van der Waals surface area contributed by atoms with Crippen molar-refractivity contribution in [1.82, 2.24) is 4.98 Å². The van der Waals surface area contributed by atoms with E-state index in [0.29, 0.717) is 18.5 Å². The van der Waals surface area contributed by atoms with Crippen molar-refractivity contribution >= 4 is 5.78 Å². The first-order valence-corrected chi connectivity index (χ1v) is 5.93. The maximum atomic E-state index is 12.1. The third-order valence-corrected chi connectivity index (χ3v) is 2.92. The topological polar surface area (TPSA) is 56.0 Å². The van der Waals surface area contributed by atoms with Gasteiger partial charge in [0.15, 0.2) is 5.78 Å². The first-order valence-electron chi connectivity index (χ1n) is 5.93. The highest BCUT2D eigenvalue weighted by molar-refractivity contribution is 5.97. The second-order valence-corrected chi connectivity index (χ2v) is 4.26. The van der Waals surface area contributed by atoms with Crippen molar-refractivity contribution < 1.29 is 4.79 Å². The Kier molecular flexibility index (Phi) is 3.85. The number of nitrogens with zero attached hydrogens (tertiary/aromatic N) is 1. The molecule has 92 valence electrons. The molecule has 3 heteroatoms. The highest BCUT2D eigenvalue weighted by Crippen LogP contribution is 2.12. The third kappa shape index (κ3) is 2.81. The van der Waals surface area contributed by atoms with E-state index in [1.807, 2.05) is 43.3 Å². The van der Waals surface area contributed by atoms with Gasteiger partial charge < -0.3 is 5.73 Å². The van der Waals surface area contributed by atoms with Gasteiger partial charge in [0.05, 0.1) is 0 Å². The largest absolute Gasteiger partial charge is 0.326 e. The van der Waals surface area contributed by atoms with Gasteiger partial charge in [0.25, 0.3) is 0 Å². The van der Waals surface area contributed by atoms with E-state index in [1.54, 1.807) is 6.20 Å². The van der Waals surface area contributed by atoms with Crippen LogP contribution in [0.3, 0.4) is 0 Å². The Hall–Kier alpha value is -2.00. The molecule has 18 heavy (non-hydrogen) atoms. The number of nitrogens with two attached hydrogens (primary N) is 1. The molecule has 1 heterocycles. The van der Waals surface area contributed by atoms with Crippen LogP contribution in [0.15, 0.2) is 42.6 Å². The SMILES string of the molecule is Cc1ccc(C(=O)Cc2ccccc2CN)cn1. The number of carbonyl (C=O) groups is 1. The number of aromatic nitrogens is 1. The molecular weight excluding hydrogens is 224 g/mol. The lowest BCUT2D eigenvalue weighted by atomic mass is 9.99. The molecule has 0 aliphatic heterocycles. The summed E-state index contributed by atoms with van der Waals surface area (Å²) in [6.45, 7) is 2.35. The summed E-state index contributed by atoms with van der Waals surface area (Å²) in [5, 5.41) is 0. The lowest BCUT2D eigenvalue weighted by molar-refractivity contribution is 0.0992. The van der Waals surface area contributed by atoms with Crippen LogP contribution in [-0.2, 0) is 13.0 Å². The molecule has 0 fully saturated rings. The minimum absolute atomic E-state index is 0.0726. The summed E-state index contributed by atoms with van der Waals surface area (Å²) in [4.78, 5) is 16.3. The van der Waals surface area contributed by atoms with Crippen molar-refractivity contribution in [2.45, 2.75) is 19.9 Å². The molecule has 0 radical (unpaired) electrons. The predicted molar refractivity (Wildman–Crippen MR) is 71.3 cm³/mol. The van der Waals surface area contributed by atoms with E-state index >= 15 is 0 Å². The molecule has 0 saturated heterocycles. The van der Waals surface area contributed by atoms with Crippen LogP contribution in [0.5, 0.6) is 0 Å². The molecule has 2 N–H and O–H groups in total. The molecule has 1 aromatic carbocycles. The number of hydrogen-bond acceptors (Lipinski definition) is 3. The van der Waals surface area contributed by atoms with Crippen LogP contribution < -0.4 is 5.73 Å². The summed E-state index contributed by atoms with van der Waals surface area (Å²) < 4.78 is 0. The zero-order valence-corrected chi connectivity index (χ0v) is 10.4. The number of Topliss-reactive ketones (excluding diaryl/α,β-unsaturated/α-hetero) is 1. The molecule has 3 nitrogen and oxygen atoms in total. The van der Waals surface area contributed by atoms with Gasteiger partial charge in [-0.1, -0.05) is 24.3 Å². The number of aryl methyl sites for hydroxylation is 1. The van der Waals surface area contributed by atoms with Gasteiger partial charge in [-0.05, 0) is 30.2 Å². The maximum Gasteiger partial charge on any atom is 0.168 e. The number of ketones is 1. The summed E-state index contributed by atoms with van der Waals surface area (Å²) in [5.74, 6) is 0.0726. The van der Waals surface area contributed by atoms with Crippen LogP contribution in [-0.4, -0.2) is 10.8 Å². The molecule has 1 aromatic heterocycles. The van der Waals surface area contributed by atoms with Crippen molar-refractivity contribution in [3.8, 4) is 0 Å². The summed E-state index contributed by atoms with van der Waals surface area (Å²) in [6.07, 6.45) is 2.00. The Labute approximate surface area is 107 Å². The third-order valence-electron chi connectivity index (χ3n) is 2.92. The summed E-state index contributed by atoms with van der Waals surface area (Å²) in [5.41, 5.74) is 9.23. The smallest absolute Gasteiger partial charge is 0.168 e. The van der Waals surface area contributed by atoms with Gasteiger partial charge in [-0.2, -0.15) is 0 Å². The van der Waals surface area contributed by atoms with E-state index in [-0.39, 0.29) is 5.78 Å². The van der Waals surface area contributed by atoms with E-state index in [4.69, 9.17) is 5.73 Å². The molecule has 0 spiro atoms. The Morgan fingerprint density at radius 3 is 2.50 bits per heavy atom. The maximum absolute atomic E-state index is 12.1. The van der Waals surface area contributed by atoms with Crippen LogP contribution in [0.4, 0.5) is 0 Å². The Bertz CT molecular complexity index is 547. The molecule has 0 bridgehead atoms. The number of pyridine rings is 1. The molecule has 0 aliphatic rings. The molecule has 0 amide bonds. The average Bonchev–Trinajstić information content (AvgIpc) is 2.40. The molecule has 0 atom stereocenters. The Morgan fingerprint density at radius 2 is 1.89 bits per heavy atom. The van der Waals surface area contributed by atoms with Crippen LogP contribution in [0, 0.1) is 6.92 Å². The summed E-state index contributed by atoms with van der Waals surface area (Å²) in [6, 6.07) is 11.4. The predicted octanol–water partition coefficient (Wildman–Crippen LogP) is 2.27. The van der Waals surface area contributed by atoms with E-state index < -0.39 is 0 Å². The Balaban J connectivity index is 2.18. The quantitative estimate of drug-likeness (QED) is 0.834. The van der Waals surface area contributed by atoms with Crippen LogP contribution in [0.25, 0.3) is 0 Å². The number of benzene rings is 1. The second kappa shape index (κ2) is 5.56. The van der Waals surface area contributed by atoms with Crippen molar-refractivity contribution in [3.63, 3.8) is 0 Å². The van der Waals surface area contributed by atoms with Crippen molar-refractivity contribution in [2.75, 3.05) is 0 Å². The summed E-state index contributed by atoms with van der Waals surface area (Å²) >= 11 is 0. The molecule has 0 aliphatic carbocycles. The van der Waals surface area contributed by atoms with Gasteiger partial charge in [0.1, 0.15) is 0 Å². The monoisotopic (exact) mass is 240 g/mol. The van der Waals surface area contributed by atoms with Crippen LogP contribution >= 0.6 is 0 Å². The first kappa shape index (κ1) is 12.5. The fraction of sp³-hybridized carbons (Fsp3) is 0.200. The molecule has 2 aromatic rings. The van der Waals surface area contributed by atoms with Crippen molar-refractivity contribution in [3.05, 3.63) is 65.0 Å². The molecule has 2 rings (SSSR count). The lowest BCUT2D eigenvalue weighted by Gasteiger charge is -2.06. The van der Waals surface area contributed by atoms with Crippen molar-refractivity contribution in [1.29, 1.82) is 0 Å². The molecular formula is C15H16N2O. The van der Waals surface area contributed by atoms with Gasteiger partial charge in [-0.3, -0.25) is 9.78 Å². The zero-order chi connectivity index (χ0) is 13.0. The highest BCUT2D eigenvalue weighted by Gasteiger charge is 2.09. The van der Waals surface area contributed by atoms with Crippen LogP contribution in [0.1, 0.15) is 27.2 Å². The minimum Gasteiger partial charge on any atom is -0.326 e. The zero-order valence-electron chi connectivity index (χ0n) is 10.4. The Morgan fingerprint density at radius 1 is 1.17 bits per heavy atom. The lowest BCUT2D eigenvalue weighted by Crippen LogP contribution is -2.08. The average molecular weight is 240 g/mol. The van der Waals surface area contributed by atoms with Gasteiger partial charge in [0, 0.05) is 30.4 Å². The van der Waals surface area contributed by atoms with Gasteiger partial charge in [0.2, 0.25) is 0 Å². The van der Waals surface area contributed by atoms with E-state index in [2.05, 4.69) is 4.98 Å². The standard InChI is InChI=1S/C15H16N2O/c1-11-6-7-14(10-17-11)15(18)8-12-4-2-3-5-13(12)9-16/h2-7,10H,8-9,16H2,1H3. The fourth-order valence-corrected chi connectivity index (χ4v) is 1.84. The first-order chi connectivity index (χ1) is 8.70. The molecule has 0 saturated carbocycles. The fourth-order valence-electron chi connectivity index (χ4n) is 1.84. The second-order valence-electron chi connectivity index (χ2n) is 4.26. The van der Waals surface area contributed by atoms with Gasteiger partial charge in [-0.15, -0.1) is 0 Å². The highest BCUT2D eigenvalue weighted by atomic mass is 16.1. The summed E-state index contributed by atoms with van der Waals surface area (Å²) in [7, 11) is 0. The van der Waals surface area contributed by atoms with E-state index in [0.717, 1.165) is 16.8 Å². The normalized spacial score (nSPS) is 10.3. The van der Waals surface area contributed by atoms with E-state index in [1.165, 1.54) is 0 Å².